The van der Waals surface area contributed by atoms with Gasteiger partial charge in [0.25, 0.3) is 11.8 Å². The Hall–Kier alpha value is -4.54. The summed E-state index contributed by atoms with van der Waals surface area (Å²) in [5, 5.41) is 14.7. The number of alkyl halides is 2. The smallest absolute Gasteiger partial charge is 0.405 e. The van der Waals surface area contributed by atoms with Crippen molar-refractivity contribution in [2.75, 3.05) is 13.7 Å². The van der Waals surface area contributed by atoms with Crippen LogP contribution in [0.15, 0.2) is 30.4 Å². The van der Waals surface area contributed by atoms with Gasteiger partial charge in [-0.05, 0) is 70.6 Å². The van der Waals surface area contributed by atoms with Gasteiger partial charge in [-0.3, -0.25) is 19.1 Å². The third kappa shape index (κ3) is 6.54. The van der Waals surface area contributed by atoms with Gasteiger partial charge >= 0.3 is 6.09 Å². The van der Waals surface area contributed by atoms with Gasteiger partial charge in [0.2, 0.25) is 21.8 Å². The lowest BCUT2D eigenvalue weighted by Crippen LogP contribution is -2.58. The van der Waals surface area contributed by atoms with Gasteiger partial charge in [0.15, 0.2) is 5.75 Å². The van der Waals surface area contributed by atoms with Crippen molar-refractivity contribution in [3.8, 4) is 11.5 Å². The van der Waals surface area contributed by atoms with Crippen molar-refractivity contribution in [2.24, 2.45) is 5.92 Å². The molecule has 5 atom stereocenters. The van der Waals surface area contributed by atoms with Gasteiger partial charge in [-0.2, -0.15) is 0 Å². The van der Waals surface area contributed by atoms with Gasteiger partial charge in [0.05, 0.1) is 41.6 Å². The maximum Gasteiger partial charge on any atom is 0.405 e. The number of aryl methyl sites for hydroxylation is 1. The standard InChI is InChI=1S/C36H43F2N5O9S/c1-20-28-27(23-15-22(51-3)11-12-24(23)39-20)36(37,38)18-34(52-28)17-26-29(44)41-35(31(46)42-53(49,50)33(2)13-14-33)16-21(35)9-7-5-4-6-8-10-25(40-32(47)48)30(45)43(26)19-34/h7,9,11-12,15,21,25-26,40H,4-6,8,10,13-14,16-19H2,1-3H3,(H,41,44)(H,42,46)(H,47,48)/b9-7-/t21-,25+,26+,34+,35-/m1/s1. The largest absolute Gasteiger partial charge is 0.497 e. The van der Waals surface area contributed by atoms with Crippen LogP contribution in [0.4, 0.5) is 13.6 Å². The highest BCUT2D eigenvalue weighted by molar-refractivity contribution is 7.91. The molecule has 4 heterocycles. The van der Waals surface area contributed by atoms with Crippen LogP contribution in [0.1, 0.15) is 82.4 Å². The number of nitrogens with one attached hydrogen (secondary N) is 3. The second-order valence-electron chi connectivity index (χ2n) is 15.4. The highest BCUT2D eigenvalue weighted by Crippen LogP contribution is 2.55. The van der Waals surface area contributed by atoms with Crippen LogP contribution in [0.2, 0.25) is 0 Å². The number of ether oxygens (including phenoxy) is 2. The molecule has 3 aliphatic heterocycles. The molecule has 4 N–H and O–H groups in total. The van der Waals surface area contributed by atoms with Crippen molar-refractivity contribution in [3.05, 3.63) is 41.6 Å². The number of allylic oxidation sites excluding steroid dienone is 1. The molecule has 53 heavy (non-hydrogen) atoms. The second-order valence-corrected chi connectivity index (χ2v) is 17.6. The van der Waals surface area contributed by atoms with Crippen molar-refractivity contribution in [2.45, 2.75) is 112 Å². The first kappa shape index (κ1) is 36.8. The molecule has 14 nitrogen and oxygen atoms in total. The number of aromatic nitrogens is 1. The first-order valence-electron chi connectivity index (χ1n) is 17.8. The van der Waals surface area contributed by atoms with Crippen LogP contribution in [0.5, 0.6) is 11.5 Å². The Morgan fingerprint density at radius 3 is 2.60 bits per heavy atom. The fourth-order valence-electron chi connectivity index (χ4n) is 8.04. The van der Waals surface area contributed by atoms with E-state index in [1.165, 1.54) is 27.0 Å². The number of hydrogen-bond acceptors (Lipinski definition) is 9. The molecule has 2 saturated carbocycles. The summed E-state index contributed by atoms with van der Waals surface area (Å²) < 4.78 is 72.2. The highest BCUT2D eigenvalue weighted by atomic mass is 32.2. The summed E-state index contributed by atoms with van der Waals surface area (Å²) in [6, 6.07) is 1.83. The number of sulfonamides is 1. The number of amides is 4. The maximum absolute atomic E-state index is 16.6. The van der Waals surface area contributed by atoms with E-state index in [4.69, 9.17) is 9.47 Å². The van der Waals surface area contributed by atoms with E-state index >= 15 is 8.78 Å². The summed E-state index contributed by atoms with van der Waals surface area (Å²) in [5.41, 5.74) is -3.45. The van der Waals surface area contributed by atoms with Crippen molar-refractivity contribution >= 4 is 44.7 Å². The second kappa shape index (κ2) is 12.8. The summed E-state index contributed by atoms with van der Waals surface area (Å²) >= 11 is 0. The van der Waals surface area contributed by atoms with Gasteiger partial charge in [0, 0.05) is 17.7 Å². The lowest BCUT2D eigenvalue weighted by Gasteiger charge is -2.40. The van der Waals surface area contributed by atoms with E-state index in [-0.39, 0.29) is 29.7 Å². The van der Waals surface area contributed by atoms with Crippen LogP contribution in [0.3, 0.4) is 0 Å². The molecule has 3 fully saturated rings. The minimum atomic E-state index is -4.08. The Bertz CT molecular complexity index is 2040. The predicted octanol–water partition coefficient (Wildman–Crippen LogP) is 3.80. The van der Waals surface area contributed by atoms with E-state index in [0.29, 0.717) is 49.8 Å². The molecule has 286 valence electrons. The summed E-state index contributed by atoms with van der Waals surface area (Å²) in [6.45, 7) is 2.55. The SMILES string of the molecule is COc1ccc2nc(C)c3c(c2c1)C(F)(F)C[C@]1(C[C@H]2C(=O)N[C@]4(C(=O)NS(=O)(=O)C5(C)CC5)C[C@H]4/C=C\CCCCC[C@H](NC(=O)O)C(=O)N2C1)O3. The van der Waals surface area contributed by atoms with E-state index in [2.05, 4.69) is 20.3 Å². The molecule has 4 amide bonds. The van der Waals surface area contributed by atoms with E-state index in [1.807, 2.05) is 6.08 Å². The van der Waals surface area contributed by atoms with Crippen LogP contribution >= 0.6 is 0 Å². The Kier molecular flexibility index (Phi) is 8.89. The molecule has 1 aromatic heterocycles. The Morgan fingerprint density at radius 2 is 1.91 bits per heavy atom. The zero-order valence-electron chi connectivity index (χ0n) is 29.7. The average molecular weight is 760 g/mol. The van der Waals surface area contributed by atoms with Gasteiger partial charge in [-0.15, -0.1) is 0 Å². The van der Waals surface area contributed by atoms with Crippen molar-refractivity contribution < 1.29 is 51.0 Å². The average Bonchev–Trinajstić information content (AvgIpc) is 3.97. The number of nitrogens with zero attached hydrogens (tertiary/aromatic N) is 2. The number of pyridine rings is 1. The summed E-state index contributed by atoms with van der Waals surface area (Å²) in [7, 11) is -2.67. The Balaban J connectivity index is 1.27. The first-order valence-corrected chi connectivity index (χ1v) is 19.3. The summed E-state index contributed by atoms with van der Waals surface area (Å²) in [4.78, 5) is 59.9. The molecule has 7 rings (SSSR count). The number of carbonyl (C=O) groups is 4. The molecule has 0 bridgehead atoms. The lowest BCUT2D eigenvalue weighted by atomic mass is 9.84. The van der Waals surface area contributed by atoms with Crippen LogP contribution < -0.4 is 24.8 Å². The molecular formula is C36H43F2N5O9S. The molecule has 0 unspecified atom stereocenters. The van der Waals surface area contributed by atoms with Crippen molar-refractivity contribution in [3.63, 3.8) is 0 Å². The first-order chi connectivity index (χ1) is 24.9. The van der Waals surface area contributed by atoms with Crippen molar-refractivity contribution in [1.82, 2.24) is 25.2 Å². The number of fused-ring (bicyclic) bond motifs is 5. The number of carboxylic acid groups (broad SMARTS) is 1. The van der Waals surface area contributed by atoms with Crippen molar-refractivity contribution in [1.29, 1.82) is 0 Å². The topological polar surface area (TPSA) is 193 Å². The van der Waals surface area contributed by atoms with E-state index < -0.39 is 98.6 Å². The summed E-state index contributed by atoms with van der Waals surface area (Å²) in [6.07, 6.45) is 4.06. The third-order valence-corrected chi connectivity index (χ3v) is 13.6. The summed E-state index contributed by atoms with van der Waals surface area (Å²) in [5.74, 6) is -6.58. The number of halogens is 2. The number of carbonyl (C=O) groups excluding carboxylic acids is 3. The molecule has 2 aliphatic carbocycles. The van der Waals surface area contributed by atoms with E-state index in [9.17, 15) is 32.7 Å². The molecule has 0 radical (unpaired) electrons. The van der Waals surface area contributed by atoms with Crippen LogP contribution in [0, 0.1) is 12.8 Å². The maximum atomic E-state index is 16.6. The lowest BCUT2D eigenvalue weighted by molar-refractivity contribution is -0.141. The number of benzene rings is 1. The highest BCUT2D eigenvalue weighted by Gasteiger charge is 2.65. The Labute approximate surface area is 305 Å². The van der Waals surface area contributed by atoms with Gasteiger partial charge < -0.3 is 30.1 Å². The molecule has 1 saturated heterocycles. The normalized spacial score (nSPS) is 31.0. The monoisotopic (exact) mass is 759 g/mol. The van der Waals surface area contributed by atoms with Gasteiger partial charge in [-0.1, -0.05) is 25.0 Å². The molecular weight excluding hydrogens is 716 g/mol. The fourth-order valence-corrected chi connectivity index (χ4v) is 9.36. The molecule has 1 spiro atoms. The van der Waals surface area contributed by atoms with Gasteiger partial charge in [-0.25, -0.2) is 27.0 Å². The quantitative estimate of drug-likeness (QED) is 0.326. The fraction of sp³-hybridized carbons (Fsp3) is 0.583. The zero-order valence-corrected chi connectivity index (χ0v) is 30.5. The van der Waals surface area contributed by atoms with Crippen LogP contribution in [-0.4, -0.2) is 88.8 Å². The molecule has 5 aliphatic rings. The number of rotatable bonds is 5. The third-order valence-electron chi connectivity index (χ3n) is 11.5. The van der Waals surface area contributed by atoms with Gasteiger partial charge in [0.1, 0.15) is 29.0 Å². The van der Waals surface area contributed by atoms with Crippen LogP contribution in [-0.2, 0) is 30.3 Å². The van der Waals surface area contributed by atoms with E-state index in [1.54, 1.807) is 18.2 Å². The molecule has 17 heteroatoms. The number of hydrogen-bond donors (Lipinski definition) is 4. The predicted molar refractivity (Wildman–Crippen MR) is 186 cm³/mol. The van der Waals surface area contributed by atoms with Crippen LogP contribution in [0.25, 0.3) is 10.9 Å². The minimum absolute atomic E-state index is 0.0751. The minimum Gasteiger partial charge on any atom is -0.497 e. The zero-order chi connectivity index (χ0) is 38.1. The Morgan fingerprint density at radius 1 is 1.15 bits per heavy atom. The molecule has 2 aromatic rings. The van der Waals surface area contributed by atoms with E-state index in [0.717, 1.165) is 4.90 Å². The number of methoxy groups -OCH3 is 1. The molecule has 1 aromatic carbocycles.